The average molecular weight is 254 g/mol. The molecule has 0 radical (unpaired) electrons. The second-order valence-electron chi connectivity index (χ2n) is 4.65. The number of hydrogen-bond donors (Lipinski definition) is 0. The van der Waals surface area contributed by atoms with Gasteiger partial charge in [-0.05, 0) is 31.2 Å². The molecule has 0 saturated carbocycles. The van der Waals surface area contributed by atoms with Crippen molar-refractivity contribution in [2.75, 3.05) is 4.90 Å². The van der Waals surface area contributed by atoms with Gasteiger partial charge >= 0.3 is 0 Å². The van der Waals surface area contributed by atoms with E-state index in [0.717, 1.165) is 5.69 Å². The van der Waals surface area contributed by atoms with Crippen molar-refractivity contribution in [3.05, 3.63) is 54.8 Å². The number of hydrogen-bond acceptors (Lipinski definition) is 2. The predicted octanol–water partition coefficient (Wildman–Crippen LogP) is 1.91. The Labute approximate surface area is 111 Å². The molecule has 0 N–H and O–H groups in total. The Bertz CT molecular complexity index is 577. The smallest absolute Gasteiger partial charge is 0.241 e. The van der Waals surface area contributed by atoms with E-state index >= 15 is 0 Å². The highest BCUT2D eigenvalue weighted by Crippen LogP contribution is 2.29. The summed E-state index contributed by atoms with van der Waals surface area (Å²) in [6, 6.07) is 9.43. The van der Waals surface area contributed by atoms with E-state index < -0.39 is 5.92 Å². The van der Waals surface area contributed by atoms with Crippen LogP contribution in [0.15, 0.2) is 54.8 Å². The van der Waals surface area contributed by atoms with Crippen molar-refractivity contribution in [1.29, 1.82) is 0 Å². The molecule has 2 atom stereocenters. The van der Waals surface area contributed by atoms with Gasteiger partial charge in [0.15, 0.2) is 0 Å². The first-order valence-corrected chi connectivity index (χ1v) is 6.25. The highest BCUT2D eigenvalue weighted by atomic mass is 16.2. The number of fused-ring (bicyclic) bond motifs is 1. The summed E-state index contributed by atoms with van der Waals surface area (Å²) in [5, 5.41) is 0. The highest BCUT2D eigenvalue weighted by Gasteiger charge is 2.43. The molecule has 0 aromatic heterocycles. The first kappa shape index (κ1) is 11.7. The van der Waals surface area contributed by atoms with Crippen LogP contribution in [0.2, 0.25) is 0 Å². The molecule has 2 aliphatic heterocycles. The number of allylic oxidation sites excluding steroid dienone is 2. The van der Waals surface area contributed by atoms with Crippen LogP contribution in [-0.2, 0) is 9.59 Å². The first-order valence-electron chi connectivity index (χ1n) is 6.25. The molecule has 96 valence electrons. The summed E-state index contributed by atoms with van der Waals surface area (Å²) in [7, 11) is 0. The van der Waals surface area contributed by atoms with Crippen LogP contribution in [0.4, 0.5) is 5.69 Å². The highest BCUT2D eigenvalue weighted by molar-refractivity contribution is 6.11. The number of carbonyl (C=O) groups is 2. The molecule has 2 amide bonds. The van der Waals surface area contributed by atoms with Gasteiger partial charge in [0.2, 0.25) is 11.8 Å². The minimum absolute atomic E-state index is 0.150. The fourth-order valence-electron chi connectivity index (χ4n) is 2.44. The number of para-hydroxylation sites is 1. The molecule has 1 aromatic carbocycles. The zero-order valence-corrected chi connectivity index (χ0v) is 10.6. The van der Waals surface area contributed by atoms with Crippen LogP contribution >= 0.6 is 0 Å². The molecule has 0 aliphatic carbocycles. The molecule has 19 heavy (non-hydrogen) atoms. The molecular formula is C15H14N2O2. The molecule has 2 aliphatic rings. The number of nitrogens with zero attached hydrogens (tertiary/aromatic N) is 2. The Morgan fingerprint density at radius 2 is 1.74 bits per heavy atom. The van der Waals surface area contributed by atoms with Crippen LogP contribution in [0, 0.1) is 5.92 Å². The Balaban J connectivity index is 2.07. The molecule has 4 nitrogen and oxygen atoms in total. The Morgan fingerprint density at radius 3 is 2.47 bits per heavy atom. The van der Waals surface area contributed by atoms with Crippen LogP contribution in [0.25, 0.3) is 0 Å². The Hall–Kier alpha value is -2.36. The fraction of sp³-hybridized carbons (Fsp3) is 0.200. The Morgan fingerprint density at radius 1 is 1.00 bits per heavy atom. The molecule has 0 spiro atoms. The van der Waals surface area contributed by atoms with Crippen LogP contribution in [0.5, 0.6) is 0 Å². The standard InChI is InChI=1S/C15H14N2O2/c1-11-14(18)16-10-6-5-9-13(16)17(15(11)19)12-7-3-2-4-8-12/h2-11,13H,1H3. The summed E-state index contributed by atoms with van der Waals surface area (Å²) in [4.78, 5) is 27.8. The quantitative estimate of drug-likeness (QED) is 0.718. The third kappa shape index (κ3) is 1.76. The van der Waals surface area contributed by atoms with Gasteiger partial charge in [-0.1, -0.05) is 24.3 Å². The van der Waals surface area contributed by atoms with Crippen LogP contribution in [0.1, 0.15) is 6.92 Å². The molecule has 2 heterocycles. The van der Waals surface area contributed by atoms with E-state index in [1.54, 1.807) is 29.0 Å². The van der Waals surface area contributed by atoms with Gasteiger partial charge in [-0.2, -0.15) is 0 Å². The van der Waals surface area contributed by atoms with Crippen LogP contribution in [0.3, 0.4) is 0 Å². The maximum Gasteiger partial charge on any atom is 0.241 e. The largest absolute Gasteiger partial charge is 0.293 e. The average Bonchev–Trinajstić information content (AvgIpc) is 2.46. The van der Waals surface area contributed by atoms with E-state index in [1.165, 1.54) is 0 Å². The maximum atomic E-state index is 12.4. The van der Waals surface area contributed by atoms with Crippen molar-refractivity contribution < 1.29 is 9.59 Å². The van der Waals surface area contributed by atoms with Gasteiger partial charge in [0.1, 0.15) is 12.1 Å². The lowest BCUT2D eigenvalue weighted by molar-refractivity contribution is -0.144. The molecule has 3 rings (SSSR count). The van der Waals surface area contributed by atoms with Crippen LogP contribution < -0.4 is 4.90 Å². The van der Waals surface area contributed by atoms with Gasteiger partial charge in [-0.15, -0.1) is 0 Å². The van der Waals surface area contributed by atoms with Crippen LogP contribution in [-0.4, -0.2) is 22.9 Å². The lowest BCUT2D eigenvalue weighted by atomic mass is 10.0. The Kier molecular flexibility index (Phi) is 2.71. The van der Waals surface area contributed by atoms with Gasteiger partial charge in [-0.3, -0.25) is 19.4 Å². The van der Waals surface area contributed by atoms with Gasteiger partial charge in [0.05, 0.1) is 0 Å². The topological polar surface area (TPSA) is 40.6 Å². The molecule has 4 heteroatoms. The summed E-state index contributed by atoms with van der Waals surface area (Å²) in [6.45, 7) is 1.66. The molecule has 2 unspecified atom stereocenters. The van der Waals surface area contributed by atoms with Gasteiger partial charge in [-0.25, -0.2) is 0 Å². The van der Waals surface area contributed by atoms with E-state index in [9.17, 15) is 9.59 Å². The number of benzene rings is 1. The van der Waals surface area contributed by atoms with Crippen molar-refractivity contribution >= 4 is 17.5 Å². The zero-order chi connectivity index (χ0) is 13.4. The summed E-state index contributed by atoms with van der Waals surface area (Å²) in [5.74, 6) is -0.951. The third-order valence-corrected chi connectivity index (χ3v) is 3.46. The van der Waals surface area contributed by atoms with E-state index in [2.05, 4.69) is 0 Å². The van der Waals surface area contributed by atoms with E-state index in [0.29, 0.717) is 0 Å². The van der Waals surface area contributed by atoms with Crippen molar-refractivity contribution in [1.82, 2.24) is 4.90 Å². The van der Waals surface area contributed by atoms with Gasteiger partial charge in [0, 0.05) is 11.9 Å². The number of rotatable bonds is 1. The molecule has 1 aromatic rings. The summed E-state index contributed by atoms with van der Waals surface area (Å²) in [6.07, 6.45) is 6.89. The number of carbonyl (C=O) groups excluding carboxylic acids is 2. The minimum atomic E-state index is -0.646. The summed E-state index contributed by atoms with van der Waals surface area (Å²) in [5.41, 5.74) is 0.807. The lowest BCUT2D eigenvalue weighted by Gasteiger charge is -2.43. The third-order valence-electron chi connectivity index (χ3n) is 3.46. The van der Waals surface area contributed by atoms with Crippen molar-refractivity contribution in [2.45, 2.75) is 13.1 Å². The van der Waals surface area contributed by atoms with Gasteiger partial charge in [0.25, 0.3) is 0 Å². The molecule has 1 fully saturated rings. The predicted molar refractivity (Wildman–Crippen MR) is 72.0 cm³/mol. The molecule has 0 bridgehead atoms. The van der Waals surface area contributed by atoms with Crippen molar-refractivity contribution in [2.24, 2.45) is 5.92 Å². The van der Waals surface area contributed by atoms with Crippen molar-refractivity contribution in [3.8, 4) is 0 Å². The number of amides is 2. The molecule has 1 saturated heterocycles. The summed E-state index contributed by atoms with van der Waals surface area (Å²) >= 11 is 0. The minimum Gasteiger partial charge on any atom is -0.293 e. The van der Waals surface area contributed by atoms with E-state index in [4.69, 9.17) is 0 Å². The van der Waals surface area contributed by atoms with E-state index in [-0.39, 0.29) is 18.0 Å². The SMILES string of the molecule is CC1C(=O)N2C=CC=CC2N(c2ccccc2)C1=O. The lowest BCUT2D eigenvalue weighted by Crippen LogP contribution is -2.60. The fourth-order valence-corrected chi connectivity index (χ4v) is 2.44. The molecular weight excluding hydrogens is 240 g/mol. The van der Waals surface area contributed by atoms with E-state index in [1.807, 2.05) is 42.5 Å². The monoisotopic (exact) mass is 254 g/mol. The second kappa shape index (κ2) is 4.39. The zero-order valence-electron chi connectivity index (χ0n) is 10.6. The maximum absolute atomic E-state index is 12.4. The van der Waals surface area contributed by atoms with Gasteiger partial charge < -0.3 is 0 Å². The second-order valence-corrected chi connectivity index (χ2v) is 4.65. The normalized spacial score (nSPS) is 25.7. The first-order chi connectivity index (χ1) is 9.20. The number of anilines is 1. The van der Waals surface area contributed by atoms with Crippen molar-refractivity contribution in [3.63, 3.8) is 0 Å². The summed E-state index contributed by atoms with van der Waals surface area (Å²) < 4.78 is 0.